The van der Waals surface area contributed by atoms with E-state index in [4.69, 9.17) is 4.74 Å². The molecule has 0 radical (unpaired) electrons. The molecule has 2 rings (SSSR count). The Morgan fingerprint density at radius 2 is 1.96 bits per heavy atom. The van der Waals surface area contributed by atoms with Crippen molar-refractivity contribution in [2.75, 3.05) is 33.1 Å². The number of rotatable bonds is 5. The van der Waals surface area contributed by atoms with Gasteiger partial charge in [0, 0.05) is 44.7 Å². The van der Waals surface area contributed by atoms with E-state index >= 15 is 0 Å². The highest BCUT2D eigenvalue weighted by Crippen LogP contribution is 2.28. The van der Waals surface area contributed by atoms with Gasteiger partial charge in [-0.3, -0.25) is 4.99 Å². The third-order valence-corrected chi connectivity index (χ3v) is 6.90. The van der Waals surface area contributed by atoms with Gasteiger partial charge >= 0.3 is 0 Å². The first kappa shape index (κ1) is 24.0. The zero-order chi connectivity index (χ0) is 19.4. The van der Waals surface area contributed by atoms with E-state index in [2.05, 4.69) is 15.6 Å². The Morgan fingerprint density at radius 1 is 1.33 bits per heavy atom. The smallest absolute Gasteiger partial charge is 0.191 e. The molecule has 10 heteroatoms. The van der Waals surface area contributed by atoms with Gasteiger partial charge in [0.1, 0.15) is 11.6 Å². The van der Waals surface area contributed by atoms with Gasteiger partial charge in [0.05, 0.1) is 10.8 Å². The first-order chi connectivity index (χ1) is 12.2. The summed E-state index contributed by atoms with van der Waals surface area (Å²) in [5.74, 6) is -0.955. The molecule has 1 unspecified atom stereocenters. The van der Waals surface area contributed by atoms with Crippen molar-refractivity contribution in [3.63, 3.8) is 0 Å². The summed E-state index contributed by atoms with van der Waals surface area (Å²) in [6.07, 6.45) is 2.03. The molecular weight excluding hydrogens is 491 g/mol. The van der Waals surface area contributed by atoms with Crippen LogP contribution in [0.3, 0.4) is 0 Å². The van der Waals surface area contributed by atoms with Crippen molar-refractivity contribution in [1.29, 1.82) is 0 Å². The fourth-order valence-corrected chi connectivity index (χ4v) is 4.24. The number of benzene rings is 1. The molecule has 0 spiro atoms. The molecule has 1 aliphatic heterocycles. The molecule has 2 N–H and O–H groups in total. The second-order valence-corrected chi connectivity index (χ2v) is 8.94. The van der Waals surface area contributed by atoms with E-state index in [1.54, 1.807) is 14.0 Å². The quantitative estimate of drug-likeness (QED) is 0.357. The van der Waals surface area contributed by atoms with Crippen molar-refractivity contribution in [1.82, 2.24) is 10.6 Å². The molecule has 1 aromatic rings. The van der Waals surface area contributed by atoms with Gasteiger partial charge in [0.2, 0.25) is 0 Å². The molecular formula is C17H26F2IN3O3S. The SMILES string of the molecule is CN=C(NCC1(S(C)(=O)=O)CCOCC1)NC(C)c1ccc(F)cc1F.I. The standard InChI is InChI=1S/C17H25F2N3O3S.HI/c1-12(14-5-4-13(18)10-15(14)19)22-16(20-2)21-11-17(26(3,23)24)6-8-25-9-7-17;/h4-5,10,12H,6-9,11H2,1-3H3,(H2,20,21,22);1H. The van der Waals surface area contributed by atoms with E-state index in [0.29, 0.717) is 37.6 Å². The minimum absolute atomic E-state index is 0. The van der Waals surface area contributed by atoms with E-state index in [1.165, 1.54) is 18.4 Å². The molecule has 0 bridgehead atoms. The molecule has 27 heavy (non-hydrogen) atoms. The summed E-state index contributed by atoms with van der Waals surface area (Å²) in [7, 11) is -1.77. The van der Waals surface area contributed by atoms with E-state index in [0.717, 1.165) is 6.07 Å². The highest BCUT2D eigenvalue weighted by molar-refractivity contribution is 14.0. The molecule has 1 fully saturated rings. The number of guanidine groups is 1. The predicted octanol–water partition coefficient (Wildman–Crippen LogP) is 2.40. The fourth-order valence-electron chi connectivity index (χ4n) is 3.00. The topological polar surface area (TPSA) is 79.8 Å². The number of sulfone groups is 1. The number of aliphatic imine (C=N–C) groups is 1. The summed E-state index contributed by atoms with van der Waals surface area (Å²) in [5, 5.41) is 6.03. The van der Waals surface area contributed by atoms with Crippen molar-refractivity contribution in [2.24, 2.45) is 4.99 Å². The summed E-state index contributed by atoms with van der Waals surface area (Å²) in [4.78, 5) is 4.07. The molecule has 0 aliphatic carbocycles. The summed E-state index contributed by atoms with van der Waals surface area (Å²) in [6.45, 7) is 2.66. The molecule has 0 aromatic heterocycles. The fraction of sp³-hybridized carbons (Fsp3) is 0.588. The molecule has 1 aromatic carbocycles. The summed E-state index contributed by atoms with van der Waals surface area (Å²) < 4.78 is 55.9. The van der Waals surface area contributed by atoms with E-state index in [9.17, 15) is 17.2 Å². The molecule has 1 atom stereocenters. The van der Waals surface area contributed by atoms with Crippen LogP contribution in [-0.2, 0) is 14.6 Å². The van der Waals surface area contributed by atoms with Gasteiger partial charge in [-0.05, 0) is 25.8 Å². The summed E-state index contributed by atoms with van der Waals surface area (Å²) >= 11 is 0. The molecule has 0 amide bonds. The van der Waals surface area contributed by atoms with Crippen LogP contribution in [0.1, 0.15) is 31.4 Å². The normalized spacial score (nSPS) is 18.3. The van der Waals surface area contributed by atoms with Crippen molar-refractivity contribution in [3.05, 3.63) is 35.4 Å². The second-order valence-electron chi connectivity index (χ2n) is 6.53. The monoisotopic (exact) mass is 517 g/mol. The number of halogens is 3. The van der Waals surface area contributed by atoms with Gasteiger partial charge in [-0.1, -0.05) is 6.07 Å². The van der Waals surface area contributed by atoms with Gasteiger partial charge < -0.3 is 15.4 Å². The van der Waals surface area contributed by atoms with Crippen LogP contribution in [0, 0.1) is 11.6 Å². The van der Waals surface area contributed by atoms with Crippen molar-refractivity contribution >= 4 is 39.8 Å². The Kier molecular flexibility index (Phi) is 8.87. The molecule has 1 heterocycles. The van der Waals surface area contributed by atoms with Crippen LogP contribution in [0.4, 0.5) is 8.78 Å². The van der Waals surface area contributed by atoms with Crippen LogP contribution in [-0.4, -0.2) is 52.2 Å². The Labute approximate surface area is 176 Å². The van der Waals surface area contributed by atoms with E-state index in [-0.39, 0.29) is 30.5 Å². The van der Waals surface area contributed by atoms with E-state index in [1.807, 2.05) is 0 Å². The third kappa shape index (κ3) is 5.98. The lowest BCUT2D eigenvalue weighted by molar-refractivity contribution is 0.0756. The van der Waals surface area contributed by atoms with Crippen LogP contribution >= 0.6 is 24.0 Å². The first-order valence-corrected chi connectivity index (χ1v) is 10.3. The van der Waals surface area contributed by atoms with Crippen molar-refractivity contribution in [2.45, 2.75) is 30.6 Å². The molecule has 154 valence electrons. The Balaban J connectivity index is 0.00000364. The second kappa shape index (κ2) is 9.97. The van der Waals surface area contributed by atoms with E-state index < -0.39 is 32.3 Å². The number of hydrogen-bond donors (Lipinski definition) is 2. The average Bonchev–Trinajstić information content (AvgIpc) is 2.58. The third-order valence-electron chi connectivity index (χ3n) is 4.77. The van der Waals surface area contributed by atoms with Crippen LogP contribution in [0.2, 0.25) is 0 Å². The van der Waals surface area contributed by atoms with Gasteiger partial charge in [-0.2, -0.15) is 0 Å². The Bertz CT molecular complexity index is 769. The minimum Gasteiger partial charge on any atom is -0.381 e. The molecule has 1 aliphatic rings. The average molecular weight is 517 g/mol. The highest BCUT2D eigenvalue weighted by atomic mass is 127. The van der Waals surface area contributed by atoms with Gasteiger partial charge in [0.15, 0.2) is 15.8 Å². The Hall–Kier alpha value is -1.01. The predicted molar refractivity (Wildman–Crippen MR) is 112 cm³/mol. The Morgan fingerprint density at radius 3 is 2.48 bits per heavy atom. The lowest BCUT2D eigenvalue weighted by Crippen LogP contribution is -2.53. The largest absolute Gasteiger partial charge is 0.381 e. The molecule has 6 nitrogen and oxygen atoms in total. The maximum atomic E-state index is 13.9. The number of ether oxygens (including phenoxy) is 1. The summed E-state index contributed by atoms with van der Waals surface area (Å²) in [5.41, 5.74) is 0.290. The molecule has 0 saturated carbocycles. The maximum absolute atomic E-state index is 13.9. The maximum Gasteiger partial charge on any atom is 0.191 e. The lowest BCUT2D eigenvalue weighted by Gasteiger charge is -2.36. The van der Waals surface area contributed by atoms with Crippen LogP contribution in [0.5, 0.6) is 0 Å². The number of nitrogens with zero attached hydrogens (tertiary/aromatic N) is 1. The van der Waals surface area contributed by atoms with Gasteiger partial charge in [-0.15, -0.1) is 24.0 Å². The molecule has 1 saturated heterocycles. The first-order valence-electron chi connectivity index (χ1n) is 8.38. The summed E-state index contributed by atoms with van der Waals surface area (Å²) in [6, 6.07) is 2.90. The number of nitrogens with one attached hydrogen (secondary N) is 2. The van der Waals surface area contributed by atoms with Crippen LogP contribution < -0.4 is 10.6 Å². The van der Waals surface area contributed by atoms with Crippen molar-refractivity contribution < 1.29 is 21.9 Å². The van der Waals surface area contributed by atoms with Crippen molar-refractivity contribution in [3.8, 4) is 0 Å². The number of hydrogen-bond acceptors (Lipinski definition) is 4. The lowest BCUT2D eigenvalue weighted by atomic mass is 9.99. The zero-order valence-electron chi connectivity index (χ0n) is 15.6. The minimum atomic E-state index is -3.31. The van der Waals surface area contributed by atoms with Crippen LogP contribution in [0.15, 0.2) is 23.2 Å². The highest BCUT2D eigenvalue weighted by Gasteiger charge is 2.42. The van der Waals surface area contributed by atoms with Gasteiger partial charge in [-0.25, -0.2) is 17.2 Å². The van der Waals surface area contributed by atoms with Crippen LogP contribution in [0.25, 0.3) is 0 Å². The van der Waals surface area contributed by atoms with Gasteiger partial charge in [0.25, 0.3) is 0 Å². The zero-order valence-corrected chi connectivity index (χ0v) is 18.7.